The molecule has 0 heterocycles. The van der Waals surface area contributed by atoms with Gasteiger partial charge in [-0.05, 0) is 24.5 Å². The fourth-order valence-electron chi connectivity index (χ4n) is 2.11. The molecule has 5 nitrogen and oxygen atoms in total. The van der Waals surface area contributed by atoms with Crippen molar-refractivity contribution in [2.24, 2.45) is 10.9 Å². The van der Waals surface area contributed by atoms with Crippen LogP contribution in [0, 0.1) is 5.92 Å². The average Bonchev–Trinajstić information content (AvgIpc) is 2.52. The predicted octanol–water partition coefficient (Wildman–Crippen LogP) is 3.52. The maximum atomic E-state index is 5.30. The van der Waals surface area contributed by atoms with Crippen molar-refractivity contribution in [3.05, 3.63) is 18.2 Å². The number of anilines is 1. The normalized spacial score (nSPS) is 11.5. The number of rotatable bonds is 8. The molecule has 0 saturated heterocycles. The number of benzene rings is 1. The first-order chi connectivity index (χ1) is 10.6. The number of nitrogens with zero attached hydrogens (tertiary/aromatic N) is 1. The van der Waals surface area contributed by atoms with E-state index in [9.17, 15) is 0 Å². The molecule has 0 spiro atoms. The van der Waals surface area contributed by atoms with E-state index in [1.807, 2.05) is 18.2 Å². The summed E-state index contributed by atoms with van der Waals surface area (Å²) < 4.78 is 10.5. The Kier molecular flexibility index (Phi) is 8.18. The fraction of sp³-hybridized carbons (Fsp3) is 0.588. The minimum atomic E-state index is 0.694. The van der Waals surface area contributed by atoms with E-state index in [4.69, 9.17) is 9.47 Å². The van der Waals surface area contributed by atoms with Crippen molar-refractivity contribution in [3.8, 4) is 11.5 Å². The molecule has 0 amide bonds. The van der Waals surface area contributed by atoms with Crippen LogP contribution in [0.15, 0.2) is 23.2 Å². The third kappa shape index (κ3) is 6.24. The molecule has 0 saturated carbocycles. The highest BCUT2D eigenvalue weighted by molar-refractivity contribution is 5.93. The third-order valence-electron chi connectivity index (χ3n) is 3.37. The Bertz CT molecular complexity index is 473. The number of methoxy groups -OCH3 is 2. The van der Waals surface area contributed by atoms with Crippen LogP contribution in [0.2, 0.25) is 0 Å². The molecule has 1 aromatic carbocycles. The highest BCUT2D eigenvalue weighted by atomic mass is 16.5. The SMILES string of the molecule is CN=C(NCCCCC(C)C)Nc1ccc(OC)c(OC)c1. The Hall–Kier alpha value is -1.91. The Morgan fingerprint density at radius 1 is 1.14 bits per heavy atom. The highest BCUT2D eigenvalue weighted by Gasteiger charge is 2.06. The number of guanidine groups is 1. The van der Waals surface area contributed by atoms with Gasteiger partial charge < -0.3 is 20.1 Å². The fourth-order valence-corrected chi connectivity index (χ4v) is 2.11. The van der Waals surface area contributed by atoms with E-state index < -0.39 is 0 Å². The minimum absolute atomic E-state index is 0.694. The molecular formula is C17H29N3O2. The average molecular weight is 307 g/mol. The van der Waals surface area contributed by atoms with Gasteiger partial charge in [-0.25, -0.2) is 0 Å². The molecule has 0 bridgehead atoms. The van der Waals surface area contributed by atoms with Gasteiger partial charge in [-0.3, -0.25) is 4.99 Å². The van der Waals surface area contributed by atoms with Crippen LogP contribution in [0.3, 0.4) is 0 Å². The van der Waals surface area contributed by atoms with Crippen LogP contribution in [-0.4, -0.2) is 33.8 Å². The lowest BCUT2D eigenvalue weighted by molar-refractivity contribution is 0.355. The Morgan fingerprint density at radius 2 is 1.86 bits per heavy atom. The van der Waals surface area contributed by atoms with Crippen molar-refractivity contribution < 1.29 is 9.47 Å². The van der Waals surface area contributed by atoms with Gasteiger partial charge in [0.2, 0.25) is 0 Å². The first-order valence-electron chi connectivity index (χ1n) is 7.80. The van der Waals surface area contributed by atoms with Crippen molar-refractivity contribution in [2.75, 3.05) is 33.1 Å². The second-order valence-electron chi connectivity index (χ2n) is 5.58. The molecule has 0 aliphatic carbocycles. The molecule has 0 atom stereocenters. The van der Waals surface area contributed by atoms with E-state index >= 15 is 0 Å². The smallest absolute Gasteiger partial charge is 0.195 e. The molecular weight excluding hydrogens is 278 g/mol. The first kappa shape index (κ1) is 18.1. The molecule has 0 aliphatic heterocycles. The van der Waals surface area contributed by atoms with E-state index in [1.54, 1.807) is 21.3 Å². The molecule has 0 aliphatic rings. The quantitative estimate of drug-likeness (QED) is 0.438. The molecule has 0 aromatic heterocycles. The van der Waals surface area contributed by atoms with Crippen molar-refractivity contribution in [1.29, 1.82) is 0 Å². The summed E-state index contributed by atoms with van der Waals surface area (Å²) in [7, 11) is 5.02. The van der Waals surface area contributed by atoms with Gasteiger partial charge in [0, 0.05) is 25.3 Å². The summed E-state index contributed by atoms with van der Waals surface area (Å²) in [6.45, 7) is 5.43. The summed E-state index contributed by atoms with van der Waals surface area (Å²) in [4.78, 5) is 4.24. The zero-order valence-corrected chi connectivity index (χ0v) is 14.4. The minimum Gasteiger partial charge on any atom is -0.493 e. The molecule has 124 valence electrons. The standard InChI is InChI=1S/C17H29N3O2/c1-13(2)8-6-7-11-19-17(18-3)20-14-9-10-15(21-4)16(12-14)22-5/h9-10,12-13H,6-8,11H2,1-5H3,(H2,18,19,20). The second-order valence-corrected chi connectivity index (χ2v) is 5.58. The van der Waals surface area contributed by atoms with Gasteiger partial charge in [-0.1, -0.05) is 26.7 Å². The van der Waals surface area contributed by atoms with Gasteiger partial charge in [-0.15, -0.1) is 0 Å². The molecule has 1 aromatic rings. The molecule has 1 rings (SSSR count). The number of aliphatic imine (C=N–C) groups is 1. The Balaban J connectivity index is 2.49. The Morgan fingerprint density at radius 3 is 2.45 bits per heavy atom. The number of unbranched alkanes of at least 4 members (excludes halogenated alkanes) is 1. The van der Waals surface area contributed by atoms with Crippen LogP contribution >= 0.6 is 0 Å². The number of hydrogen-bond acceptors (Lipinski definition) is 3. The van der Waals surface area contributed by atoms with Crippen molar-refractivity contribution in [2.45, 2.75) is 33.1 Å². The lowest BCUT2D eigenvalue weighted by atomic mass is 10.1. The predicted molar refractivity (Wildman–Crippen MR) is 93.2 cm³/mol. The monoisotopic (exact) mass is 307 g/mol. The van der Waals surface area contributed by atoms with Crippen LogP contribution < -0.4 is 20.1 Å². The van der Waals surface area contributed by atoms with Crippen molar-refractivity contribution in [3.63, 3.8) is 0 Å². The molecule has 2 N–H and O–H groups in total. The molecule has 0 fully saturated rings. The van der Waals surface area contributed by atoms with Crippen molar-refractivity contribution >= 4 is 11.6 Å². The molecule has 22 heavy (non-hydrogen) atoms. The summed E-state index contributed by atoms with van der Waals surface area (Å²) in [5, 5.41) is 6.58. The zero-order chi connectivity index (χ0) is 16.4. The van der Waals surface area contributed by atoms with E-state index in [-0.39, 0.29) is 0 Å². The van der Waals surface area contributed by atoms with Gasteiger partial charge in [0.15, 0.2) is 17.5 Å². The highest BCUT2D eigenvalue weighted by Crippen LogP contribution is 2.29. The van der Waals surface area contributed by atoms with Gasteiger partial charge in [-0.2, -0.15) is 0 Å². The first-order valence-corrected chi connectivity index (χ1v) is 7.80. The summed E-state index contributed by atoms with van der Waals surface area (Å²) in [6.07, 6.45) is 3.65. The largest absolute Gasteiger partial charge is 0.493 e. The maximum Gasteiger partial charge on any atom is 0.195 e. The second kappa shape index (κ2) is 9.92. The summed E-state index contributed by atoms with van der Waals surface area (Å²) in [5.41, 5.74) is 0.910. The lowest BCUT2D eigenvalue weighted by Gasteiger charge is -2.14. The van der Waals surface area contributed by atoms with Gasteiger partial charge >= 0.3 is 0 Å². The maximum absolute atomic E-state index is 5.30. The van der Waals surface area contributed by atoms with E-state index in [0.717, 1.165) is 30.5 Å². The van der Waals surface area contributed by atoms with Crippen LogP contribution in [0.5, 0.6) is 11.5 Å². The number of nitrogens with one attached hydrogen (secondary N) is 2. The lowest BCUT2D eigenvalue weighted by Crippen LogP contribution is -2.31. The zero-order valence-electron chi connectivity index (χ0n) is 14.4. The summed E-state index contributed by atoms with van der Waals surface area (Å²) >= 11 is 0. The van der Waals surface area contributed by atoms with Crippen LogP contribution in [0.4, 0.5) is 5.69 Å². The summed E-state index contributed by atoms with van der Waals surface area (Å²) in [6, 6.07) is 5.70. The summed E-state index contributed by atoms with van der Waals surface area (Å²) in [5.74, 6) is 2.94. The van der Waals surface area contributed by atoms with Crippen LogP contribution in [-0.2, 0) is 0 Å². The molecule has 0 unspecified atom stereocenters. The van der Waals surface area contributed by atoms with Crippen LogP contribution in [0.1, 0.15) is 33.1 Å². The third-order valence-corrected chi connectivity index (χ3v) is 3.37. The molecule has 5 heteroatoms. The topological polar surface area (TPSA) is 54.9 Å². The number of ether oxygens (including phenoxy) is 2. The van der Waals surface area contributed by atoms with Crippen LogP contribution in [0.25, 0.3) is 0 Å². The number of hydrogen-bond donors (Lipinski definition) is 2. The van der Waals surface area contributed by atoms with Gasteiger partial charge in [0.05, 0.1) is 14.2 Å². The van der Waals surface area contributed by atoms with Gasteiger partial charge in [0.1, 0.15) is 0 Å². The van der Waals surface area contributed by atoms with Crippen molar-refractivity contribution in [1.82, 2.24) is 5.32 Å². The van der Waals surface area contributed by atoms with E-state index in [2.05, 4.69) is 29.5 Å². The Labute approximate surface area is 134 Å². The van der Waals surface area contributed by atoms with Gasteiger partial charge in [0.25, 0.3) is 0 Å². The van der Waals surface area contributed by atoms with E-state index in [1.165, 1.54) is 12.8 Å². The van der Waals surface area contributed by atoms with E-state index in [0.29, 0.717) is 11.5 Å². The molecule has 0 radical (unpaired) electrons.